The minimum Gasteiger partial charge on any atom is -0.353 e. The molecule has 2 atom stereocenters. The van der Waals surface area contributed by atoms with Gasteiger partial charge in [-0.05, 0) is 50.4 Å². The second-order valence-corrected chi connectivity index (χ2v) is 5.74. The van der Waals surface area contributed by atoms with Crippen LogP contribution in [0, 0.1) is 17.8 Å². The maximum atomic E-state index is 11.7. The predicted octanol–water partition coefficient (Wildman–Crippen LogP) is 2.48. The van der Waals surface area contributed by atoms with Crippen molar-refractivity contribution in [1.82, 2.24) is 5.32 Å². The summed E-state index contributed by atoms with van der Waals surface area (Å²) < 4.78 is 0. The van der Waals surface area contributed by atoms with Crippen LogP contribution in [0.4, 0.5) is 0 Å². The molecule has 0 heterocycles. The highest BCUT2D eigenvalue weighted by molar-refractivity contribution is 5.81. The lowest BCUT2D eigenvalue weighted by atomic mass is 9.82. The summed E-state index contributed by atoms with van der Waals surface area (Å²) in [6.07, 6.45) is 10.4. The first-order chi connectivity index (χ1) is 7.33. The molecule has 0 saturated heterocycles. The molecule has 0 aromatic rings. The summed E-state index contributed by atoms with van der Waals surface area (Å²) in [6.45, 7) is 0. The van der Waals surface area contributed by atoms with Gasteiger partial charge in [-0.2, -0.15) is 0 Å². The van der Waals surface area contributed by atoms with Crippen LogP contribution in [0.15, 0.2) is 0 Å². The van der Waals surface area contributed by atoms with Crippen LogP contribution in [0.3, 0.4) is 0 Å². The van der Waals surface area contributed by atoms with Crippen molar-refractivity contribution in [2.75, 3.05) is 0 Å². The fraction of sp³-hybridized carbons (Fsp3) is 0.923. The zero-order valence-corrected chi connectivity index (χ0v) is 9.37. The van der Waals surface area contributed by atoms with Gasteiger partial charge in [0.1, 0.15) is 0 Å². The fourth-order valence-corrected chi connectivity index (χ4v) is 3.02. The topological polar surface area (TPSA) is 29.1 Å². The van der Waals surface area contributed by atoms with Crippen LogP contribution < -0.4 is 5.32 Å². The van der Waals surface area contributed by atoms with E-state index in [2.05, 4.69) is 5.32 Å². The second kappa shape index (κ2) is 3.80. The summed E-state index contributed by atoms with van der Waals surface area (Å²) in [7, 11) is 0. The zero-order chi connectivity index (χ0) is 10.3. The molecule has 15 heavy (non-hydrogen) atoms. The minimum atomic E-state index is 0.344. The first-order valence-corrected chi connectivity index (χ1v) is 6.63. The first-order valence-electron chi connectivity index (χ1n) is 6.63. The highest BCUT2D eigenvalue weighted by atomic mass is 16.2. The monoisotopic (exact) mass is 207 g/mol. The van der Waals surface area contributed by atoms with Crippen molar-refractivity contribution in [3.05, 3.63) is 0 Å². The minimum absolute atomic E-state index is 0.344. The molecule has 0 spiro atoms. The Kier molecular flexibility index (Phi) is 2.45. The van der Waals surface area contributed by atoms with Crippen molar-refractivity contribution in [3.8, 4) is 0 Å². The van der Waals surface area contributed by atoms with Gasteiger partial charge in [0.2, 0.25) is 5.91 Å². The molecule has 0 aromatic heterocycles. The smallest absolute Gasteiger partial charge is 0.223 e. The third kappa shape index (κ3) is 2.35. The number of rotatable bonds is 3. The van der Waals surface area contributed by atoms with Gasteiger partial charge in [-0.25, -0.2) is 0 Å². The lowest BCUT2D eigenvalue weighted by Crippen LogP contribution is -2.39. The van der Waals surface area contributed by atoms with Crippen molar-refractivity contribution in [1.29, 1.82) is 0 Å². The molecule has 2 unspecified atom stereocenters. The summed E-state index contributed by atoms with van der Waals surface area (Å²) >= 11 is 0. The Morgan fingerprint density at radius 3 is 2.40 bits per heavy atom. The van der Waals surface area contributed by atoms with E-state index in [0.29, 0.717) is 17.9 Å². The summed E-state index contributed by atoms with van der Waals surface area (Å²) in [5.41, 5.74) is 0. The second-order valence-electron chi connectivity index (χ2n) is 5.74. The van der Waals surface area contributed by atoms with Crippen LogP contribution >= 0.6 is 0 Å². The van der Waals surface area contributed by atoms with Gasteiger partial charge in [0.25, 0.3) is 0 Å². The molecule has 3 rings (SSSR count). The maximum absolute atomic E-state index is 11.7. The molecule has 1 amide bonds. The lowest BCUT2D eigenvalue weighted by Gasteiger charge is -2.29. The van der Waals surface area contributed by atoms with Crippen molar-refractivity contribution in [2.24, 2.45) is 17.8 Å². The maximum Gasteiger partial charge on any atom is 0.223 e. The summed E-state index contributed by atoms with van der Waals surface area (Å²) in [5, 5.41) is 3.25. The van der Waals surface area contributed by atoms with Gasteiger partial charge in [-0.15, -0.1) is 0 Å². The molecule has 0 radical (unpaired) electrons. The molecule has 0 aliphatic heterocycles. The van der Waals surface area contributed by atoms with E-state index in [9.17, 15) is 4.79 Å². The summed E-state index contributed by atoms with van der Waals surface area (Å²) in [6, 6.07) is 0.512. The fourth-order valence-electron chi connectivity index (χ4n) is 3.02. The van der Waals surface area contributed by atoms with Gasteiger partial charge in [0, 0.05) is 12.0 Å². The number of hydrogen-bond acceptors (Lipinski definition) is 1. The average molecular weight is 207 g/mol. The van der Waals surface area contributed by atoms with Gasteiger partial charge in [0.05, 0.1) is 0 Å². The van der Waals surface area contributed by atoms with Gasteiger partial charge in [0.15, 0.2) is 0 Å². The highest BCUT2D eigenvalue weighted by Gasteiger charge is 2.36. The van der Waals surface area contributed by atoms with Gasteiger partial charge >= 0.3 is 0 Å². The van der Waals surface area contributed by atoms with Crippen molar-refractivity contribution >= 4 is 5.91 Å². The Labute approximate surface area is 91.8 Å². The Hall–Kier alpha value is -0.530. The molecule has 3 aliphatic carbocycles. The van der Waals surface area contributed by atoms with E-state index < -0.39 is 0 Å². The lowest BCUT2D eigenvalue weighted by molar-refractivity contribution is -0.123. The molecule has 2 nitrogen and oxygen atoms in total. The molecule has 3 aliphatic rings. The molecule has 3 fully saturated rings. The normalized spacial score (nSPS) is 36.3. The van der Waals surface area contributed by atoms with E-state index in [0.717, 1.165) is 24.7 Å². The summed E-state index contributed by atoms with van der Waals surface area (Å²) in [5.74, 6) is 2.68. The number of carbonyl (C=O) groups excluding carboxylic acids is 1. The van der Waals surface area contributed by atoms with Gasteiger partial charge in [-0.1, -0.05) is 12.8 Å². The number of amides is 1. The molecule has 84 valence electrons. The molecule has 2 heteroatoms. The van der Waals surface area contributed by atoms with E-state index in [1.54, 1.807) is 0 Å². The largest absolute Gasteiger partial charge is 0.353 e. The molecule has 0 bridgehead atoms. The Morgan fingerprint density at radius 2 is 1.73 bits per heavy atom. The van der Waals surface area contributed by atoms with E-state index in [4.69, 9.17) is 0 Å². The van der Waals surface area contributed by atoms with Crippen molar-refractivity contribution in [2.45, 2.75) is 57.4 Å². The quantitative estimate of drug-likeness (QED) is 0.757. The average Bonchev–Trinajstić information content (AvgIpc) is 3.10. The van der Waals surface area contributed by atoms with Gasteiger partial charge in [-0.3, -0.25) is 4.79 Å². The molecular formula is C13H21NO. The van der Waals surface area contributed by atoms with Crippen LogP contribution in [-0.2, 0) is 4.79 Å². The molecule has 3 saturated carbocycles. The molecule has 1 N–H and O–H groups in total. The van der Waals surface area contributed by atoms with Crippen LogP contribution in [-0.4, -0.2) is 11.9 Å². The third-order valence-corrected chi connectivity index (χ3v) is 4.30. The van der Waals surface area contributed by atoms with E-state index in [1.807, 2.05) is 0 Å². The molecular weight excluding hydrogens is 186 g/mol. The van der Waals surface area contributed by atoms with Crippen molar-refractivity contribution < 1.29 is 4.79 Å². The third-order valence-electron chi connectivity index (χ3n) is 4.30. The SMILES string of the molecule is O=C(NC1CCCC(C2CC2)C1)C1CC1. The predicted molar refractivity (Wildman–Crippen MR) is 59.3 cm³/mol. The van der Waals surface area contributed by atoms with Gasteiger partial charge < -0.3 is 5.32 Å². The highest BCUT2D eigenvalue weighted by Crippen LogP contribution is 2.44. The van der Waals surface area contributed by atoms with Crippen LogP contribution in [0.2, 0.25) is 0 Å². The molecule has 0 aromatic carbocycles. The number of hydrogen-bond donors (Lipinski definition) is 1. The zero-order valence-electron chi connectivity index (χ0n) is 9.37. The number of nitrogens with one attached hydrogen (secondary N) is 1. The van der Waals surface area contributed by atoms with E-state index in [1.165, 1.54) is 38.5 Å². The summed E-state index contributed by atoms with van der Waals surface area (Å²) in [4.78, 5) is 11.7. The Morgan fingerprint density at radius 1 is 0.933 bits per heavy atom. The van der Waals surface area contributed by atoms with E-state index in [-0.39, 0.29) is 0 Å². The van der Waals surface area contributed by atoms with Crippen LogP contribution in [0.5, 0.6) is 0 Å². The van der Waals surface area contributed by atoms with Crippen LogP contribution in [0.25, 0.3) is 0 Å². The van der Waals surface area contributed by atoms with Crippen molar-refractivity contribution in [3.63, 3.8) is 0 Å². The van der Waals surface area contributed by atoms with E-state index >= 15 is 0 Å². The number of carbonyl (C=O) groups is 1. The Balaban J connectivity index is 1.49. The Bertz CT molecular complexity index is 255. The standard InChI is InChI=1S/C13H21NO/c15-13(10-6-7-10)14-12-3-1-2-11(8-12)9-4-5-9/h9-12H,1-8H2,(H,14,15). The first kappa shape index (κ1) is 9.68. The van der Waals surface area contributed by atoms with Crippen LogP contribution in [0.1, 0.15) is 51.4 Å².